The predicted octanol–water partition coefficient (Wildman–Crippen LogP) is 3.52. The van der Waals surface area contributed by atoms with Gasteiger partial charge in [-0.25, -0.2) is 0 Å². The molecule has 2 rings (SSSR count). The summed E-state index contributed by atoms with van der Waals surface area (Å²) in [5.41, 5.74) is 8.67. The van der Waals surface area contributed by atoms with Crippen molar-refractivity contribution in [3.05, 3.63) is 60.2 Å². The van der Waals surface area contributed by atoms with Crippen molar-refractivity contribution in [3.63, 3.8) is 0 Å². The number of hydrogen-bond donors (Lipinski definition) is 1. The third-order valence-corrected chi connectivity index (χ3v) is 3.13. The van der Waals surface area contributed by atoms with Crippen LogP contribution in [-0.2, 0) is 10.3 Å². The van der Waals surface area contributed by atoms with E-state index in [1.807, 2.05) is 32.0 Å². The lowest BCUT2D eigenvalue weighted by molar-refractivity contribution is -0.0180. The second-order valence-corrected chi connectivity index (χ2v) is 4.76. The summed E-state index contributed by atoms with van der Waals surface area (Å²) in [6, 6.07) is 18.8. The highest BCUT2D eigenvalue weighted by Crippen LogP contribution is 2.27. The molecule has 0 aliphatic rings. The van der Waals surface area contributed by atoms with Crippen LogP contribution in [0, 0.1) is 0 Å². The lowest BCUT2D eigenvalue weighted by atomic mass is 9.95. The van der Waals surface area contributed by atoms with Crippen LogP contribution in [0.4, 0.5) is 0 Å². The van der Waals surface area contributed by atoms with Crippen LogP contribution in [0.15, 0.2) is 54.6 Å². The SMILES string of the molecule is CC(C)(OCN)c1ccc(-c2ccccc2)cc1. The molecule has 2 heteroatoms. The van der Waals surface area contributed by atoms with Crippen molar-refractivity contribution < 1.29 is 4.74 Å². The van der Waals surface area contributed by atoms with Crippen LogP contribution >= 0.6 is 0 Å². The first-order valence-corrected chi connectivity index (χ1v) is 6.13. The summed E-state index contributed by atoms with van der Waals surface area (Å²) in [5, 5.41) is 0. The van der Waals surface area contributed by atoms with Crippen LogP contribution in [0.2, 0.25) is 0 Å². The first kappa shape index (κ1) is 12.8. The molecule has 0 heterocycles. The number of benzene rings is 2. The number of ether oxygens (including phenoxy) is 1. The molecule has 0 unspecified atom stereocenters. The maximum absolute atomic E-state index is 5.54. The van der Waals surface area contributed by atoms with Gasteiger partial charge in [-0.2, -0.15) is 0 Å². The second kappa shape index (κ2) is 5.34. The van der Waals surface area contributed by atoms with Crippen LogP contribution in [0.5, 0.6) is 0 Å². The molecule has 18 heavy (non-hydrogen) atoms. The molecular weight excluding hydrogens is 222 g/mol. The Hall–Kier alpha value is -1.64. The Morgan fingerprint density at radius 1 is 0.889 bits per heavy atom. The minimum atomic E-state index is -0.343. The first-order valence-electron chi connectivity index (χ1n) is 6.13. The maximum Gasteiger partial charge on any atom is 0.0952 e. The van der Waals surface area contributed by atoms with Gasteiger partial charge in [-0.15, -0.1) is 0 Å². The molecule has 0 saturated heterocycles. The van der Waals surface area contributed by atoms with Crippen molar-refractivity contribution in [3.8, 4) is 11.1 Å². The van der Waals surface area contributed by atoms with Gasteiger partial charge >= 0.3 is 0 Å². The van der Waals surface area contributed by atoms with Crippen molar-refractivity contribution >= 4 is 0 Å². The molecule has 0 fully saturated rings. The zero-order valence-corrected chi connectivity index (χ0v) is 10.9. The van der Waals surface area contributed by atoms with E-state index in [1.54, 1.807) is 0 Å². The van der Waals surface area contributed by atoms with E-state index in [1.165, 1.54) is 11.1 Å². The predicted molar refractivity (Wildman–Crippen MR) is 75.0 cm³/mol. The third kappa shape index (κ3) is 2.78. The van der Waals surface area contributed by atoms with Crippen molar-refractivity contribution in [2.45, 2.75) is 19.4 Å². The minimum Gasteiger partial charge on any atom is -0.356 e. The fourth-order valence-electron chi connectivity index (χ4n) is 1.99. The zero-order chi connectivity index (χ0) is 13.0. The molecule has 0 spiro atoms. The Bertz CT molecular complexity index is 488. The summed E-state index contributed by atoms with van der Waals surface area (Å²) < 4.78 is 5.54. The summed E-state index contributed by atoms with van der Waals surface area (Å²) in [5.74, 6) is 0. The second-order valence-electron chi connectivity index (χ2n) is 4.76. The van der Waals surface area contributed by atoms with Gasteiger partial charge in [0.2, 0.25) is 0 Å². The lowest BCUT2D eigenvalue weighted by Crippen LogP contribution is -2.25. The fraction of sp³-hybridized carbons (Fsp3) is 0.250. The van der Waals surface area contributed by atoms with E-state index in [0.717, 1.165) is 5.56 Å². The number of hydrogen-bond acceptors (Lipinski definition) is 2. The highest BCUT2D eigenvalue weighted by atomic mass is 16.5. The molecule has 0 atom stereocenters. The van der Waals surface area contributed by atoms with Gasteiger partial charge < -0.3 is 10.5 Å². The molecule has 94 valence electrons. The summed E-state index contributed by atoms with van der Waals surface area (Å²) >= 11 is 0. The van der Waals surface area contributed by atoms with Crippen LogP contribution in [0.3, 0.4) is 0 Å². The molecule has 0 radical (unpaired) electrons. The zero-order valence-electron chi connectivity index (χ0n) is 10.9. The van der Waals surface area contributed by atoms with Gasteiger partial charge in [0.05, 0.1) is 12.3 Å². The summed E-state index contributed by atoms with van der Waals surface area (Å²) in [4.78, 5) is 0. The van der Waals surface area contributed by atoms with E-state index in [4.69, 9.17) is 10.5 Å². The van der Waals surface area contributed by atoms with E-state index in [2.05, 4.69) is 36.4 Å². The van der Waals surface area contributed by atoms with Gasteiger partial charge in [-0.3, -0.25) is 0 Å². The van der Waals surface area contributed by atoms with Crippen LogP contribution < -0.4 is 5.73 Å². The van der Waals surface area contributed by atoms with Gasteiger partial charge in [0.25, 0.3) is 0 Å². The van der Waals surface area contributed by atoms with Crippen LogP contribution in [0.1, 0.15) is 19.4 Å². The van der Waals surface area contributed by atoms with Gasteiger partial charge in [-0.1, -0.05) is 54.6 Å². The highest BCUT2D eigenvalue weighted by molar-refractivity contribution is 5.63. The topological polar surface area (TPSA) is 35.2 Å². The number of rotatable bonds is 4. The quantitative estimate of drug-likeness (QED) is 0.831. The molecule has 0 aliphatic heterocycles. The van der Waals surface area contributed by atoms with Crippen molar-refractivity contribution in [1.82, 2.24) is 0 Å². The van der Waals surface area contributed by atoms with Gasteiger partial charge in [-0.05, 0) is 30.5 Å². The third-order valence-electron chi connectivity index (χ3n) is 3.13. The smallest absolute Gasteiger partial charge is 0.0952 e. The van der Waals surface area contributed by atoms with E-state index >= 15 is 0 Å². The van der Waals surface area contributed by atoms with Crippen molar-refractivity contribution in [2.75, 3.05) is 6.73 Å². The molecule has 0 saturated carbocycles. The molecule has 0 bridgehead atoms. The molecule has 0 aromatic heterocycles. The Morgan fingerprint density at radius 3 is 2.00 bits per heavy atom. The molecule has 2 aromatic rings. The molecule has 2 N–H and O–H groups in total. The van der Waals surface area contributed by atoms with Crippen molar-refractivity contribution in [1.29, 1.82) is 0 Å². The first-order chi connectivity index (χ1) is 8.63. The average molecular weight is 241 g/mol. The standard InChI is InChI=1S/C16H19NO/c1-16(2,18-12-17)15-10-8-14(9-11-15)13-6-4-3-5-7-13/h3-11H,12,17H2,1-2H3. The maximum atomic E-state index is 5.54. The van der Waals surface area contributed by atoms with Gasteiger partial charge in [0.15, 0.2) is 0 Å². The van der Waals surface area contributed by atoms with Crippen LogP contribution in [-0.4, -0.2) is 6.73 Å². The van der Waals surface area contributed by atoms with E-state index < -0.39 is 0 Å². The average Bonchev–Trinajstić information content (AvgIpc) is 2.40. The highest BCUT2D eigenvalue weighted by Gasteiger charge is 2.20. The van der Waals surface area contributed by atoms with E-state index in [0.29, 0.717) is 0 Å². The lowest BCUT2D eigenvalue weighted by Gasteiger charge is -2.25. The summed E-state index contributed by atoms with van der Waals surface area (Å²) in [6.45, 7) is 4.28. The Kier molecular flexibility index (Phi) is 3.80. The fourth-order valence-corrected chi connectivity index (χ4v) is 1.99. The summed E-state index contributed by atoms with van der Waals surface area (Å²) in [6.07, 6.45) is 0. The van der Waals surface area contributed by atoms with Crippen molar-refractivity contribution in [2.24, 2.45) is 5.73 Å². The largest absolute Gasteiger partial charge is 0.356 e. The van der Waals surface area contributed by atoms with Gasteiger partial charge in [0, 0.05) is 0 Å². The van der Waals surface area contributed by atoms with E-state index in [-0.39, 0.29) is 12.3 Å². The van der Waals surface area contributed by atoms with E-state index in [9.17, 15) is 0 Å². The molecule has 0 aliphatic carbocycles. The Labute approximate surface area is 108 Å². The summed E-state index contributed by atoms with van der Waals surface area (Å²) in [7, 11) is 0. The normalized spacial score (nSPS) is 11.5. The molecule has 2 nitrogen and oxygen atoms in total. The monoisotopic (exact) mass is 241 g/mol. The molecular formula is C16H19NO. The van der Waals surface area contributed by atoms with Gasteiger partial charge in [0.1, 0.15) is 0 Å². The van der Waals surface area contributed by atoms with Crippen LogP contribution in [0.25, 0.3) is 11.1 Å². The molecule has 2 aromatic carbocycles. The minimum absolute atomic E-state index is 0.230. The Balaban J connectivity index is 2.26. The Morgan fingerprint density at radius 2 is 1.44 bits per heavy atom. The number of nitrogens with two attached hydrogens (primary N) is 1. The molecule has 0 amide bonds.